The van der Waals surface area contributed by atoms with E-state index in [0.29, 0.717) is 31.3 Å². The number of hydrogen-bond acceptors (Lipinski definition) is 6. The van der Waals surface area contributed by atoms with Crippen molar-refractivity contribution in [2.45, 2.75) is 32.8 Å². The van der Waals surface area contributed by atoms with Crippen molar-refractivity contribution in [2.75, 3.05) is 26.4 Å². The molecule has 0 aliphatic carbocycles. The van der Waals surface area contributed by atoms with Gasteiger partial charge in [-0.2, -0.15) is 0 Å². The van der Waals surface area contributed by atoms with Crippen LogP contribution in [0, 0.1) is 0 Å². The van der Waals surface area contributed by atoms with Gasteiger partial charge in [-0.25, -0.2) is 0 Å². The van der Waals surface area contributed by atoms with Gasteiger partial charge in [-0.1, -0.05) is 0 Å². The molecule has 0 saturated carbocycles. The SMILES string of the molecule is CC1=C(C)OP2(OCC3CCCO3)(OCCO2)O1. The van der Waals surface area contributed by atoms with Crippen LogP contribution in [0.15, 0.2) is 11.5 Å². The maximum absolute atomic E-state index is 5.84. The Kier molecular flexibility index (Phi) is 3.03. The van der Waals surface area contributed by atoms with Crippen LogP contribution in [0.4, 0.5) is 0 Å². The third kappa shape index (κ3) is 2.02. The van der Waals surface area contributed by atoms with Crippen molar-refractivity contribution in [3.8, 4) is 0 Å². The summed E-state index contributed by atoms with van der Waals surface area (Å²) in [5.74, 6) is 1.31. The Balaban J connectivity index is 1.72. The van der Waals surface area contributed by atoms with Crippen LogP contribution in [-0.2, 0) is 27.4 Å². The zero-order chi connectivity index (χ0) is 12.7. The Hall–Kier alpha value is -0.390. The van der Waals surface area contributed by atoms with Crippen LogP contribution >= 0.6 is 7.74 Å². The molecule has 3 aliphatic heterocycles. The van der Waals surface area contributed by atoms with Gasteiger partial charge in [0, 0.05) is 0 Å². The molecular formula is C11H19O6P. The Morgan fingerprint density at radius 1 is 1.11 bits per heavy atom. The van der Waals surface area contributed by atoms with Crippen LogP contribution < -0.4 is 0 Å². The van der Waals surface area contributed by atoms with Crippen molar-refractivity contribution in [2.24, 2.45) is 0 Å². The van der Waals surface area contributed by atoms with Crippen molar-refractivity contribution in [1.82, 2.24) is 0 Å². The molecule has 3 aliphatic rings. The van der Waals surface area contributed by atoms with Crippen LogP contribution in [0.1, 0.15) is 26.7 Å². The molecule has 0 radical (unpaired) electrons. The van der Waals surface area contributed by atoms with Gasteiger partial charge >= 0.3 is 106 Å². The van der Waals surface area contributed by atoms with Gasteiger partial charge in [0.1, 0.15) is 0 Å². The van der Waals surface area contributed by atoms with Crippen LogP contribution in [0.3, 0.4) is 0 Å². The summed E-state index contributed by atoms with van der Waals surface area (Å²) in [7, 11) is -3.85. The van der Waals surface area contributed by atoms with Crippen molar-refractivity contribution < 1.29 is 27.4 Å². The zero-order valence-electron chi connectivity index (χ0n) is 10.7. The van der Waals surface area contributed by atoms with Crippen molar-refractivity contribution in [1.29, 1.82) is 0 Å². The fourth-order valence-electron chi connectivity index (χ4n) is 2.22. The van der Waals surface area contributed by atoms with E-state index in [1.165, 1.54) is 0 Å². The van der Waals surface area contributed by atoms with E-state index in [2.05, 4.69) is 0 Å². The molecule has 1 unspecified atom stereocenters. The molecule has 7 heteroatoms. The zero-order valence-corrected chi connectivity index (χ0v) is 11.6. The molecule has 2 fully saturated rings. The summed E-state index contributed by atoms with van der Waals surface area (Å²) in [6.45, 7) is 5.63. The summed E-state index contributed by atoms with van der Waals surface area (Å²) in [4.78, 5) is 0. The quantitative estimate of drug-likeness (QED) is 0.740. The molecule has 0 amide bonds. The molecule has 3 heterocycles. The van der Waals surface area contributed by atoms with E-state index in [0.717, 1.165) is 19.4 Å². The first kappa shape index (κ1) is 12.6. The molecule has 0 aromatic carbocycles. The van der Waals surface area contributed by atoms with E-state index in [9.17, 15) is 0 Å². The van der Waals surface area contributed by atoms with Crippen LogP contribution in [0.2, 0.25) is 0 Å². The average molecular weight is 278 g/mol. The summed E-state index contributed by atoms with van der Waals surface area (Å²) < 4.78 is 34.1. The Morgan fingerprint density at radius 2 is 1.78 bits per heavy atom. The molecule has 1 spiro atoms. The fraction of sp³-hybridized carbons (Fsp3) is 0.818. The molecular weight excluding hydrogens is 259 g/mol. The van der Waals surface area contributed by atoms with Gasteiger partial charge in [-0.3, -0.25) is 0 Å². The topological polar surface area (TPSA) is 55.4 Å². The summed E-state index contributed by atoms with van der Waals surface area (Å²) in [6.07, 6.45) is 2.12. The van der Waals surface area contributed by atoms with E-state index in [1.54, 1.807) is 0 Å². The second-order valence-corrected chi connectivity index (χ2v) is 7.27. The molecule has 0 aromatic heterocycles. The van der Waals surface area contributed by atoms with E-state index in [4.69, 9.17) is 27.4 Å². The third-order valence-electron chi connectivity index (χ3n) is 3.25. The predicted molar refractivity (Wildman–Crippen MR) is 64.3 cm³/mol. The molecule has 18 heavy (non-hydrogen) atoms. The number of allylic oxidation sites excluding steroid dienone is 2. The molecule has 6 nitrogen and oxygen atoms in total. The third-order valence-corrected chi connectivity index (χ3v) is 6.17. The van der Waals surface area contributed by atoms with Crippen molar-refractivity contribution in [3.05, 3.63) is 11.5 Å². The van der Waals surface area contributed by atoms with E-state index >= 15 is 0 Å². The van der Waals surface area contributed by atoms with Gasteiger partial charge in [-0.15, -0.1) is 0 Å². The Morgan fingerprint density at radius 3 is 2.33 bits per heavy atom. The molecule has 3 rings (SSSR count). The average Bonchev–Trinajstić information content (AvgIpc) is 3.01. The van der Waals surface area contributed by atoms with Gasteiger partial charge in [0.15, 0.2) is 0 Å². The van der Waals surface area contributed by atoms with Crippen LogP contribution in [0.5, 0.6) is 0 Å². The maximum atomic E-state index is 5.84. The van der Waals surface area contributed by atoms with Gasteiger partial charge in [0.05, 0.1) is 0 Å². The summed E-state index contributed by atoms with van der Waals surface area (Å²) in [6, 6.07) is 0. The molecule has 0 bridgehead atoms. The van der Waals surface area contributed by atoms with E-state index in [1.807, 2.05) is 13.8 Å². The molecule has 1 atom stereocenters. The summed E-state index contributed by atoms with van der Waals surface area (Å²) in [5.41, 5.74) is 0. The monoisotopic (exact) mass is 278 g/mol. The van der Waals surface area contributed by atoms with E-state index < -0.39 is 7.74 Å². The van der Waals surface area contributed by atoms with Crippen molar-refractivity contribution >= 4 is 7.74 Å². The summed E-state index contributed by atoms with van der Waals surface area (Å²) in [5, 5.41) is 0. The Labute approximate surface area is 106 Å². The van der Waals surface area contributed by atoms with E-state index in [-0.39, 0.29) is 6.10 Å². The summed E-state index contributed by atoms with van der Waals surface area (Å²) >= 11 is 0. The molecule has 2 saturated heterocycles. The molecule has 0 N–H and O–H groups in total. The molecule has 104 valence electrons. The second kappa shape index (κ2) is 4.32. The second-order valence-electron chi connectivity index (χ2n) is 4.64. The first-order valence-electron chi connectivity index (χ1n) is 6.28. The number of hydrogen-bond donors (Lipinski definition) is 0. The number of rotatable bonds is 3. The Bertz CT molecular complexity index is 352. The minimum absolute atomic E-state index is 0.0720. The van der Waals surface area contributed by atoms with Gasteiger partial charge in [0.25, 0.3) is 0 Å². The van der Waals surface area contributed by atoms with Crippen molar-refractivity contribution in [3.63, 3.8) is 0 Å². The molecule has 0 aromatic rings. The van der Waals surface area contributed by atoms with Crippen LogP contribution in [-0.4, -0.2) is 32.5 Å². The standard InChI is InChI=1S/C11H19O6P/c1-9-10(2)17-18(16-9,13-6-7-14-18)15-8-11-4-3-5-12-11/h11H,3-8H2,1-2H3. The number of ether oxygens (including phenoxy) is 1. The van der Waals surface area contributed by atoms with Gasteiger partial charge in [-0.05, 0) is 0 Å². The predicted octanol–water partition coefficient (Wildman–Crippen LogP) is 2.66. The first-order valence-corrected chi connectivity index (χ1v) is 8.10. The van der Waals surface area contributed by atoms with Crippen LogP contribution in [0.25, 0.3) is 0 Å². The van der Waals surface area contributed by atoms with Gasteiger partial charge in [0.2, 0.25) is 0 Å². The normalized spacial score (nSPS) is 35.2. The van der Waals surface area contributed by atoms with Gasteiger partial charge < -0.3 is 0 Å². The minimum atomic E-state index is -3.85. The fourth-order valence-corrected chi connectivity index (χ4v) is 5.10. The first-order chi connectivity index (χ1) is 8.61.